The lowest BCUT2D eigenvalue weighted by atomic mass is 10.1. The summed E-state index contributed by atoms with van der Waals surface area (Å²) in [6, 6.07) is 13.4. The SMILES string of the molecule is CCCCOc1ccc(C(=O)Nc2ncc(Cc3ccc(F)cc3)s2)cc1. The molecule has 140 valence electrons. The highest BCUT2D eigenvalue weighted by Crippen LogP contribution is 2.22. The van der Waals surface area contributed by atoms with Gasteiger partial charge in [0.05, 0.1) is 6.61 Å². The number of amides is 1. The van der Waals surface area contributed by atoms with Crippen molar-refractivity contribution in [1.82, 2.24) is 4.98 Å². The summed E-state index contributed by atoms with van der Waals surface area (Å²) in [5, 5.41) is 3.35. The Hall–Kier alpha value is -2.73. The molecule has 1 heterocycles. The molecule has 0 radical (unpaired) electrons. The Morgan fingerprint density at radius 3 is 2.59 bits per heavy atom. The largest absolute Gasteiger partial charge is 0.494 e. The second kappa shape index (κ2) is 9.28. The molecule has 0 aliphatic heterocycles. The summed E-state index contributed by atoms with van der Waals surface area (Å²) >= 11 is 1.41. The average Bonchev–Trinajstić information content (AvgIpc) is 3.11. The zero-order valence-corrected chi connectivity index (χ0v) is 15.9. The summed E-state index contributed by atoms with van der Waals surface area (Å²) in [6.45, 7) is 2.79. The van der Waals surface area contributed by atoms with E-state index in [0.717, 1.165) is 29.0 Å². The van der Waals surface area contributed by atoms with Crippen molar-refractivity contribution in [3.05, 3.63) is 76.5 Å². The second-order valence-corrected chi connectivity index (χ2v) is 7.23. The number of carbonyl (C=O) groups excluding carboxylic acids is 1. The van der Waals surface area contributed by atoms with Crippen molar-refractivity contribution in [2.45, 2.75) is 26.2 Å². The third-order valence-corrected chi connectivity index (χ3v) is 4.86. The molecule has 0 unspecified atom stereocenters. The van der Waals surface area contributed by atoms with E-state index in [1.54, 1.807) is 42.6 Å². The summed E-state index contributed by atoms with van der Waals surface area (Å²) in [4.78, 5) is 17.6. The molecular weight excluding hydrogens is 363 g/mol. The van der Waals surface area contributed by atoms with E-state index in [4.69, 9.17) is 4.74 Å². The van der Waals surface area contributed by atoms with Crippen LogP contribution in [0.3, 0.4) is 0 Å². The van der Waals surface area contributed by atoms with E-state index >= 15 is 0 Å². The molecule has 3 rings (SSSR count). The van der Waals surface area contributed by atoms with Crippen LogP contribution in [-0.4, -0.2) is 17.5 Å². The summed E-state index contributed by atoms with van der Waals surface area (Å²) in [5.74, 6) is 0.298. The Balaban J connectivity index is 1.56. The van der Waals surface area contributed by atoms with Crippen LogP contribution in [0, 0.1) is 5.82 Å². The van der Waals surface area contributed by atoms with E-state index < -0.39 is 0 Å². The third kappa shape index (κ3) is 5.62. The Morgan fingerprint density at radius 1 is 1.15 bits per heavy atom. The van der Waals surface area contributed by atoms with Crippen LogP contribution in [0.1, 0.15) is 40.6 Å². The van der Waals surface area contributed by atoms with Gasteiger partial charge in [0.15, 0.2) is 5.13 Å². The molecule has 0 aliphatic rings. The zero-order chi connectivity index (χ0) is 19.1. The predicted molar refractivity (Wildman–Crippen MR) is 106 cm³/mol. The van der Waals surface area contributed by atoms with Gasteiger partial charge in [-0.1, -0.05) is 25.5 Å². The molecule has 0 atom stereocenters. The number of nitrogens with zero attached hydrogens (tertiary/aromatic N) is 1. The molecule has 27 heavy (non-hydrogen) atoms. The van der Waals surface area contributed by atoms with Crippen LogP contribution < -0.4 is 10.1 Å². The number of halogens is 1. The van der Waals surface area contributed by atoms with Gasteiger partial charge in [-0.2, -0.15) is 0 Å². The Bertz CT molecular complexity index is 876. The van der Waals surface area contributed by atoms with Crippen molar-refractivity contribution in [3.63, 3.8) is 0 Å². The number of rotatable bonds is 8. The van der Waals surface area contributed by atoms with E-state index in [1.165, 1.54) is 23.5 Å². The summed E-state index contributed by atoms with van der Waals surface area (Å²) < 4.78 is 18.6. The number of anilines is 1. The van der Waals surface area contributed by atoms with Gasteiger partial charge in [0.1, 0.15) is 11.6 Å². The van der Waals surface area contributed by atoms with E-state index in [2.05, 4.69) is 17.2 Å². The van der Waals surface area contributed by atoms with Gasteiger partial charge in [0.25, 0.3) is 5.91 Å². The van der Waals surface area contributed by atoms with Crippen LogP contribution >= 0.6 is 11.3 Å². The smallest absolute Gasteiger partial charge is 0.257 e. The number of hydrogen-bond acceptors (Lipinski definition) is 4. The molecule has 3 aromatic rings. The molecule has 1 N–H and O–H groups in total. The molecule has 1 aromatic heterocycles. The van der Waals surface area contributed by atoms with Gasteiger partial charge >= 0.3 is 0 Å². The van der Waals surface area contributed by atoms with Crippen LogP contribution in [0.5, 0.6) is 5.75 Å². The van der Waals surface area contributed by atoms with Gasteiger partial charge in [-0.25, -0.2) is 9.37 Å². The molecule has 0 bridgehead atoms. The predicted octanol–water partition coefficient (Wildman–Crippen LogP) is 5.30. The number of carbonyl (C=O) groups is 1. The van der Waals surface area contributed by atoms with Crippen molar-refractivity contribution in [2.75, 3.05) is 11.9 Å². The van der Waals surface area contributed by atoms with Gasteiger partial charge in [-0.05, 0) is 48.4 Å². The van der Waals surface area contributed by atoms with Crippen molar-refractivity contribution in [2.24, 2.45) is 0 Å². The summed E-state index contributed by atoms with van der Waals surface area (Å²) in [7, 11) is 0. The van der Waals surface area contributed by atoms with Crippen LogP contribution in [-0.2, 0) is 6.42 Å². The van der Waals surface area contributed by atoms with Crippen LogP contribution in [0.25, 0.3) is 0 Å². The summed E-state index contributed by atoms with van der Waals surface area (Å²) in [6.07, 6.45) is 4.47. The fraction of sp³-hybridized carbons (Fsp3) is 0.238. The number of thiazole rings is 1. The highest BCUT2D eigenvalue weighted by atomic mass is 32.1. The molecule has 0 saturated heterocycles. The minimum atomic E-state index is -0.252. The first-order chi connectivity index (χ1) is 13.1. The quantitative estimate of drug-likeness (QED) is 0.536. The third-order valence-electron chi connectivity index (χ3n) is 3.95. The molecule has 0 fully saturated rings. The number of hydrogen-bond donors (Lipinski definition) is 1. The minimum Gasteiger partial charge on any atom is -0.494 e. The number of unbranched alkanes of at least 4 members (excludes halogenated alkanes) is 1. The van der Waals surface area contributed by atoms with Crippen molar-refractivity contribution < 1.29 is 13.9 Å². The number of ether oxygens (including phenoxy) is 1. The van der Waals surface area contributed by atoms with Gasteiger partial charge < -0.3 is 4.74 Å². The van der Waals surface area contributed by atoms with E-state index in [0.29, 0.717) is 23.7 Å². The Morgan fingerprint density at radius 2 is 1.89 bits per heavy atom. The molecule has 4 nitrogen and oxygen atoms in total. The van der Waals surface area contributed by atoms with Crippen molar-refractivity contribution in [3.8, 4) is 5.75 Å². The van der Waals surface area contributed by atoms with Crippen molar-refractivity contribution in [1.29, 1.82) is 0 Å². The monoisotopic (exact) mass is 384 g/mol. The number of nitrogens with one attached hydrogen (secondary N) is 1. The standard InChI is InChI=1S/C21H21FN2O2S/c1-2-3-12-26-18-10-6-16(7-11-18)20(25)24-21-23-14-19(27-21)13-15-4-8-17(22)9-5-15/h4-11,14H,2-3,12-13H2,1H3,(H,23,24,25). The molecule has 1 amide bonds. The lowest BCUT2D eigenvalue weighted by Crippen LogP contribution is -2.11. The van der Waals surface area contributed by atoms with Gasteiger partial charge in [0.2, 0.25) is 0 Å². The van der Waals surface area contributed by atoms with Crippen LogP contribution in [0.4, 0.5) is 9.52 Å². The van der Waals surface area contributed by atoms with E-state index in [9.17, 15) is 9.18 Å². The van der Waals surface area contributed by atoms with Gasteiger partial charge in [-0.3, -0.25) is 10.1 Å². The number of benzene rings is 2. The fourth-order valence-electron chi connectivity index (χ4n) is 2.46. The highest BCUT2D eigenvalue weighted by molar-refractivity contribution is 7.15. The first-order valence-corrected chi connectivity index (χ1v) is 9.69. The lowest BCUT2D eigenvalue weighted by Gasteiger charge is -2.06. The molecule has 0 aliphatic carbocycles. The first kappa shape index (κ1) is 19.0. The number of aromatic nitrogens is 1. The Kier molecular flexibility index (Phi) is 6.54. The normalized spacial score (nSPS) is 10.6. The van der Waals surface area contributed by atoms with Gasteiger partial charge in [-0.15, -0.1) is 11.3 Å². The molecule has 0 saturated carbocycles. The topological polar surface area (TPSA) is 51.2 Å². The maximum atomic E-state index is 13.0. The minimum absolute atomic E-state index is 0.210. The lowest BCUT2D eigenvalue weighted by molar-refractivity contribution is 0.102. The van der Waals surface area contributed by atoms with Crippen LogP contribution in [0.2, 0.25) is 0 Å². The zero-order valence-electron chi connectivity index (χ0n) is 15.1. The van der Waals surface area contributed by atoms with E-state index in [1.807, 2.05) is 0 Å². The molecule has 2 aromatic carbocycles. The molecule has 6 heteroatoms. The average molecular weight is 384 g/mol. The first-order valence-electron chi connectivity index (χ1n) is 8.87. The van der Waals surface area contributed by atoms with Gasteiger partial charge in [0, 0.05) is 23.1 Å². The maximum absolute atomic E-state index is 13.0. The van der Waals surface area contributed by atoms with Crippen molar-refractivity contribution >= 4 is 22.4 Å². The fourth-order valence-corrected chi connectivity index (χ4v) is 3.30. The maximum Gasteiger partial charge on any atom is 0.257 e. The summed E-state index contributed by atoms with van der Waals surface area (Å²) in [5.41, 5.74) is 1.55. The molecule has 0 spiro atoms. The highest BCUT2D eigenvalue weighted by Gasteiger charge is 2.10. The van der Waals surface area contributed by atoms with E-state index in [-0.39, 0.29) is 11.7 Å². The Labute approximate surface area is 162 Å². The molecular formula is C21H21FN2O2S. The second-order valence-electron chi connectivity index (χ2n) is 6.12. The van der Waals surface area contributed by atoms with Crippen LogP contribution in [0.15, 0.2) is 54.7 Å².